The average molecular weight is 238 g/mol. The minimum atomic E-state index is -3.25. The molecule has 0 aliphatic carbocycles. The molecular formula is C9H22N2O3S. The summed E-state index contributed by atoms with van der Waals surface area (Å²) in [6, 6.07) is -0.127. The largest absolute Gasteiger partial charge is 0.383 e. The lowest BCUT2D eigenvalue weighted by atomic mass is 10.2. The van der Waals surface area contributed by atoms with Crippen LogP contribution in [0.4, 0.5) is 0 Å². The SMILES string of the molecule is COCC(N)CCNS(=O)(=O)C(C)(C)C. The number of sulfonamides is 1. The molecule has 6 heteroatoms. The summed E-state index contributed by atoms with van der Waals surface area (Å²) < 4.78 is 29.8. The fraction of sp³-hybridized carbons (Fsp3) is 1.00. The molecule has 92 valence electrons. The molecule has 0 aromatic carbocycles. The van der Waals surface area contributed by atoms with Crippen LogP contribution in [0, 0.1) is 0 Å². The van der Waals surface area contributed by atoms with Gasteiger partial charge in [-0.25, -0.2) is 13.1 Å². The zero-order valence-corrected chi connectivity index (χ0v) is 10.7. The van der Waals surface area contributed by atoms with Crippen molar-refractivity contribution in [2.75, 3.05) is 20.3 Å². The van der Waals surface area contributed by atoms with Gasteiger partial charge in [0, 0.05) is 19.7 Å². The van der Waals surface area contributed by atoms with E-state index in [0.29, 0.717) is 19.6 Å². The van der Waals surface area contributed by atoms with Crippen molar-refractivity contribution in [3.63, 3.8) is 0 Å². The Labute approximate surface area is 92.4 Å². The molecule has 0 heterocycles. The molecule has 0 radical (unpaired) electrons. The van der Waals surface area contributed by atoms with Crippen molar-refractivity contribution in [3.8, 4) is 0 Å². The first kappa shape index (κ1) is 14.8. The van der Waals surface area contributed by atoms with E-state index in [1.165, 1.54) is 0 Å². The third-order valence-corrected chi connectivity index (χ3v) is 4.19. The van der Waals surface area contributed by atoms with Crippen LogP contribution in [0.1, 0.15) is 27.2 Å². The Morgan fingerprint density at radius 1 is 1.40 bits per heavy atom. The van der Waals surface area contributed by atoms with E-state index in [-0.39, 0.29) is 6.04 Å². The molecule has 15 heavy (non-hydrogen) atoms. The number of nitrogens with one attached hydrogen (secondary N) is 1. The zero-order chi connectivity index (χ0) is 12.1. The molecule has 3 N–H and O–H groups in total. The maximum atomic E-state index is 11.6. The lowest BCUT2D eigenvalue weighted by molar-refractivity contribution is 0.177. The molecule has 0 aliphatic rings. The summed E-state index contributed by atoms with van der Waals surface area (Å²) in [4.78, 5) is 0. The van der Waals surface area contributed by atoms with E-state index in [2.05, 4.69) is 4.72 Å². The van der Waals surface area contributed by atoms with E-state index in [9.17, 15) is 8.42 Å². The van der Waals surface area contributed by atoms with Gasteiger partial charge in [0.1, 0.15) is 0 Å². The van der Waals surface area contributed by atoms with Gasteiger partial charge in [-0.1, -0.05) is 0 Å². The van der Waals surface area contributed by atoms with Crippen LogP contribution >= 0.6 is 0 Å². The third kappa shape index (κ3) is 5.46. The van der Waals surface area contributed by atoms with Gasteiger partial charge < -0.3 is 10.5 Å². The van der Waals surface area contributed by atoms with Gasteiger partial charge in [0.15, 0.2) is 0 Å². The van der Waals surface area contributed by atoms with E-state index in [0.717, 1.165) is 0 Å². The number of hydrogen-bond acceptors (Lipinski definition) is 4. The summed E-state index contributed by atoms with van der Waals surface area (Å²) in [7, 11) is -1.69. The van der Waals surface area contributed by atoms with Crippen molar-refractivity contribution in [1.29, 1.82) is 0 Å². The van der Waals surface area contributed by atoms with E-state index >= 15 is 0 Å². The lowest BCUT2D eigenvalue weighted by Gasteiger charge is -2.20. The van der Waals surface area contributed by atoms with Crippen LogP contribution in [-0.4, -0.2) is 39.5 Å². The van der Waals surface area contributed by atoms with Gasteiger partial charge in [0.05, 0.1) is 11.4 Å². The van der Waals surface area contributed by atoms with Crippen LogP contribution in [0.2, 0.25) is 0 Å². The van der Waals surface area contributed by atoms with Crippen LogP contribution in [0.3, 0.4) is 0 Å². The van der Waals surface area contributed by atoms with Gasteiger partial charge in [-0.2, -0.15) is 0 Å². The molecule has 1 atom stereocenters. The molecular weight excluding hydrogens is 216 g/mol. The maximum absolute atomic E-state index is 11.6. The van der Waals surface area contributed by atoms with Crippen molar-refractivity contribution >= 4 is 10.0 Å². The molecule has 0 fully saturated rings. The fourth-order valence-corrected chi connectivity index (χ4v) is 1.71. The highest BCUT2D eigenvalue weighted by atomic mass is 32.2. The number of nitrogens with two attached hydrogens (primary N) is 1. The first-order valence-electron chi connectivity index (χ1n) is 4.94. The molecule has 0 aromatic heterocycles. The molecule has 0 amide bonds. The minimum absolute atomic E-state index is 0.127. The second-order valence-corrected chi connectivity index (χ2v) is 7.03. The van der Waals surface area contributed by atoms with Gasteiger partial charge in [0.2, 0.25) is 10.0 Å². The average Bonchev–Trinajstić information content (AvgIpc) is 2.01. The van der Waals surface area contributed by atoms with Crippen molar-refractivity contribution < 1.29 is 13.2 Å². The van der Waals surface area contributed by atoms with E-state index < -0.39 is 14.8 Å². The highest BCUT2D eigenvalue weighted by Crippen LogP contribution is 2.12. The maximum Gasteiger partial charge on any atom is 0.216 e. The minimum Gasteiger partial charge on any atom is -0.383 e. The third-order valence-electron chi connectivity index (χ3n) is 1.99. The number of hydrogen-bond donors (Lipinski definition) is 2. The first-order chi connectivity index (χ1) is 6.70. The predicted molar refractivity (Wildman–Crippen MR) is 61.1 cm³/mol. The zero-order valence-electron chi connectivity index (χ0n) is 9.91. The Balaban J connectivity index is 3.97. The number of rotatable bonds is 6. The number of ether oxygens (including phenoxy) is 1. The second kappa shape index (κ2) is 5.79. The van der Waals surface area contributed by atoms with Crippen LogP contribution in [0.5, 0.6) is 0 Å². The van der Waals surface area contributed by atoms with Crippen LogP contribution < -0.4 is 10.5 Å². The fourth-order valence-electron chi connectivity index (χ4n) is 0.893. The van der Waals surface area contributed by atoms with E-state index in [1.54, 1.807) is 27.9 Å². The van der Waals surface area contributed by atoms with Crippen LogP contribution in [0.25, 0.3) is 0 Å². The van der Waals surface area contributed by atoms with Crippen LogP contribution in [0.15, 0.2) is 0 Å². The highest BCUT2D eigenvalue weighted by Gasteiger charge is 2.28. The van der Waals surface area contributed by atoms with Gasteiger partial charge in [-0.3, -0.25) is 0 Å². The molecule has 5 nitrogen and oxygen atoms in total. The van der Waals surface area contributed by atoms with Crippen molar-refractivity contribution in [2.24, 2.45) is 5.73 Å². The van der Waals surface area contributed by atoms with E-state index in [4.69, 9.17) is 10.5 Å². The van der Waals surface area contributed by atoms with E-state index in [1.807, 2.05) is 0 Å². The molecule has 0 rings (SSSR count). The first-order valence-corrected chi connectivity index (χ1v) is 6.43. The van der Waals surface area contributed by atoms with Crippen molar-refractivity contribution in [2.45, 2.75) is 38.0 Å². The summed E-state index contributed by atoms with van der Waals surface area (Å²) in [5, 5.41) is 0. The molecule has 0 saturated heterocycles. The van der Waals surface area contributed by atoms with Gasteiger partial charge in [0.25, 0.3) is 0 Å². The van der Waals surface area contributed by atoms with Gasteiger partial charge >= 0.3 is 0 Å². The Bertz CT molecular complexity index is 270. The van der Waals surface area contributed by atoms with Crippen molar-refractivity contribution in [1.82, 2.24) is 4.72 Å². The Morgan fingerprint density at radius 2 is 1.93 bits per heavy atom. The summed E-state index contributed by atoms with van der Waals surface area (Å²) in [5.74, 6) is 0. The molecule has 0 aromatic rings. The summed E-state index contributed by atoms with van der Waals surface area (Å²) in [6.07, 6.45) is 0.573. The standard InChI is InChI=1S/C9H22N2O3S/c1-9(2,3)15(12,13)11-6-5-8(10)7-14-4/h8,11H,5-7,10H2,1-4H3. The summed E-state index contributed by atoms with van der Waals surface area (Å²) in [5.41, 5.74) is 5.66. The smallest absolute Gasteiger partial charge is 0.216 e. The lowest BCUT2D eigenvalue weighted by Crippen LogP contribution is -2.41. The molecule has 0 spiro atoms. The Morgan fingerprint density at radius 3 is 2.33 bits per heavy atom. The molecule has 0 saturated carbocycles. The second-order valence-electron chi connectivity index (χ2n) is 4.51. The monoisotopic (exact) mass is 238 g/mol. The van der Waals surface area contributed by atoms with Gasteiger partial charge in [-0.15, -0.1) is 0 Å². The van der Waals surface area contributed by atoms with Crippen molar-refractivity contribution in [3.05, 3.63) is 0 Å². The Kier molecular flexibility index (Phi) is 5.72. The Hall–Kier alpha value is -0.170. The summed E-state index contributed by atoms with van der Waals surface area (Å²) in [6.45, 7) is 5.76. The number of methoxy groups -OCH3 is 1. The van der Waals surface area contributed by atoms with Gasteiger partial charge in [-0.05, 0) is 27.2 Å². The van der Waals surface area contributed by atoms with Crippen LogP contribution in [-0.2, 0) is 14.8 Å². The molecule has 0 aliphatic heterocycles. The molecule has 0 bridgehead atoms. The quantitative estimate of drug-likeness (QED) is 0.686. The normalized spacial score (nSPS) is 15.3. The topological polar surface area (TPSA) is 81.4 Å². The molecule has 1 unspecified atom stereocenters. The summed E-state index contributed by atoms with van der Waals surface area (Å²) >= 11 is 0. The highest BCUT2D eigenvalue weighted by molar-refractivity contribution is 7.90. The predicted octanol–water partition coefficient (Wildman–Crippen LogP) is 0.0681.